The molecule has 0 fully saturated rings. The molecule has 2 rings (SSSR count). The Kier molecular flexibility index (Phi) is 2.86. The largest absolute Gasteiger partial charge is 0.322 e. The van der Waals surface area contributed by atoms with Crippen molar-refractivity contribution < 1.29 is 0 Å². The lowest BCUT2D eigenvalue weighted by Gasteiger charge is -2.08. The van der Waals surface area contributed by atoms with Crippen molar-refractivity contribution in [1.29, 1.82) is 0 Å². The Morgan fingerprint density at radius 3 is 3.00 bits per heavy atom. The number of nitrogens with two attached hydrogens (primary N) is 1. The van der Waals surface area contributed by atoms with Crippen molar-refractivity contribution in [2.75, 3.05) is 0 Å². The van der Waals surface area contributed by atoms with Crippen molar-refractivity contribution in [3.8, 4) is 0 Å². The van der Waals surface area contributed by atoms with Gasteiger partial charge in [-0.25, -0.2) is 0 Å². The third kappa shape index (κ3) is 2.16. The van der Waals surface area contributed by atoms with Crippen molar-refractivity contribution in [2.45, 2.75) is 12.5 Å². The molecule has 0 aliphatic carbocycles. The first-order valence-corrected chi connectivity index (χ1v) is 5.33. The highest BCUT2D eigenvalue weighted by molar-refractivity contribution is 7.07. The molecule has 0 spiro atoms. The first kappa shape index (κ1) is 9.30. The highest BCUT2D eigenvalue weighted by Gasteiger charge is 2.08. The molecule has 72 valence electrons. The van der Waals surface area contributed by atoms with Crippen LogP contribution in [0.25, 0.3) is 0 Å². The summed E-state index contributed by atoms with van der Waals surface area (Å²) in [6.07, 6.45) is 5.86. The fraction of sp³-hybridized carbons (Fsp3) is 0.200. The van der Waals surface area contributed by atoms with E-state index in [1.807, 2.05) is 0 Å². The summed E-state index contributed by atoms with van der Waals surface area (Å²) < 4.78 is 0. The van der Waals surface area contributed by atoms with Crippen LogP contribution in [-0.2, 0) is 6.42 Å². The fourth-order valence-electron chi connectivity index (χ4n) is 1.27. The third-order valence-corrected chi connectivity index (χ3v) is 2.73. The maximum atomic E-state index is 5.99. The number of rotatable bonds is 3. The van der Waals surface area contributed by atoms with Gasteiger partial charge in [-0.3, -0.25) is 9.97 Å². The van der Waals surface area contributed by atoms with Gasteiger partial charge in [0.2, 0.25) is 0 Å². The number of aromatic nitrogens is 2. The van der Waals surface area contributed by atoms with E-state index >= 15 is 0 Å². The van der Waals surface area contributed by atoms with Gasteiger partial charge in [-0.1, -0.05) is 0 Å². The Labute approximate surface area is 86.6 Å². The van der Waals surface area contributed by atoms with Crippen molar-refractivity contribution >= 4 is 11.3 Å². The fourth-order valence-corrected chi connectivity index (χ4v) is 1.95. The van der Waals surface area contributed by atoms with Crippen LogP contribution in [0.15, 0.2) is 35.4 Å². The van der Waals surface area contributed by atoms with Crippen LogP contribution in [0.2, 0.25) is 0 Å². The molecular formula is C10H11N3S. The predicted octanol–water partition coefficient (Wildman–Crippen LogP) is 1.78. The molecule has 2 aromatic heterocycles. The summed E-state index contributed by atoms with van der Waals surface area (Å²) in [6.45, 7) is 0. The predicted molar refractivity (Wildman–Crippen MR) is 57.0 cm³/mol. The van der Waals surface area contributed by atoms with Gasteiger partial charge in [0.25, 0.3) is 0 Å². The Hall–Kier alpha value is -1.26. The summed E-state index contributed by atoms with van der Waals surface area (Å²) in [4.78, 5) is 8.17. The summed E-state index contributed by atoms with van der Waals surface area (Å²) in [7, 11) is 0. The van der Waals surface area contributed by atoms with Crippen LogP contribution in [0.5, 0.6) is 0 Å². The van der Waals surface area contributed by atoms with Crippen LogP contribution >= 0.6 is 11.3 Å². The van der Waals surface area contributed by atoms with Gasteiger partial charge in [0.05, 0.1) is 11.7 Å². The molecule has 1 unspecified atom stereocenters. The van der Waals surface area contributed by atoms with Crippen molar-refractivity contribution in [3.63, 3.8) is 0 Å². The van der Waals surface area contributed by atoms with E-state index in [4.69, 9.17) is 5.73 Å². The van der Waals surface area contributed by atoms with Crippen LogP contribution in [0.4, 0.5) is 0 Å². The second-order valence-electron chi connectivity index (χ2n) is 3.07. The van der Waals surface area contributed by atoms with Crippen molar-refractivity contribution in [3.05, 3.63) is 46.7 Å². The molecular weight excluding hydrogens is 194 g/mol. The minimum atomic E-state index is -0.0571. The lowest BCUT2D eigenvalue weighted by Crippen LogP contribution is -2.14. The summed E-state index contributed by atoms with van der Waals surface area (Å²) in [5.74, 6) is 0. The Bertz CT molecular complexity index is 372. The molecule has 0 aromatic carbocycles. The molecule has 2 aromatic rings. The third-order valence-electron chi connectivity index (χ3n) is 2.00. The summed E-state index contributed by atoms with van der Waals surface area (Å²) in [5.41, 5.74) is 8.09. The zero-order valence-corrected chi connectivity index (χ0v) is 8.45. The van der Waals surface area contributed by atoms with Crippen LogP contribution in [0, 0.1) is 0 Å². The maximum absolute atomic E-state index is 5.99. The number of nitrogens with zero attached hydrogens (tertiary/aromatic N) is 2. The molecule has 0 aliphatic heterocycles. The number of thiophene rings is 1. The van der Waals surface area contributed by atoms with Crippen LogP contribution in [0.3, 0.4) is 0 Å². The molecule has 0 aliphatic rings. The standard InChI is InChI=1S/C10H11N3S/c11-9(5-8-1-4-14-7-8)10-6-12-2-3-13-10/h1-4,6-7,9H,5,11H2. The van der Waals surface area contributed by atoms with E-state index in [-0.39, 0.29) is 6.04 Å². The monoisotopic (exact) mass is 205 g/mol. The van der Waals surface area contributed by atoms with Crippen LogP contribution in [-0.4, -0.2) is 9.97 Å². The molecule has 0 bridgehead atoms. The van der Waals surface area contributed by atoms with Gasteiger partial charge < -0.3 is 5.73 Å². The highest BCUT2D eigenvalue weighted by atomic mass is 32.1. The second kappa shape index (κ2) is 4.30. The lowest BCUT2D eigenvalue weighted by molar-refractivity contribution is 0.692. The Morgan fingerprint density at radius 1 is 1.43 bits per heavy atom. The average molecular weight is 205 g/mol. The van der Waals surface area contributed by atoms with Gasteiger partial charge >= 0.3 is 0 Å². The minimum absolute atomic E-state index is 0.0571. The van der Waals surface area contributed by atoms with Crippen LogP contribution < -0.4 is 5.73 Å². The van der Waals surface area contributed by atoms with Crippen molar-refractivity contribution in [1.82, 2.24) is 9.97 Å². The molecule has 1 atom stereocenters. The van der Waals surface area contributed by atoms with Gasteiger partial charge in [0, 0.05) is 18.6 Å². The van der Waals surface area contributed by atoms with E-state index in [2.05, 4.69) is 26.8 Å². The summed E-state index contributed by atoms with van der Waals surface area (Å²) >= 11 is 1.69. The molecule has 0 amide bonds. The summed E-state index contributed by atoms with van der Waals surface area (Å²) in [5, 5.41) is 4.16. The van der Waals surface area contributed by atoms with Crippen LogP contribution in [0.1, 0.15) is 17.3 Å². The molecule has 14 heavy (non-hydrogen) atoms. The van der Waals surface area contributed by atoms with Gasteiger partial charge in [-0.15, -0.1) is 0 Å². The highest BCUT2D eigenvalue weighted by Crippen LogP contribution is 2.15. The first-order chi connectivity index (χ1) is 6.86. The quantitative estimate of drug-likeness (QED) is 0.831. The zero-order valence-electron chi connectivity index (χ0n) is 7.63. The molecule has 2 N–H and O–H groups in total. The van der Waals surface area contributed by atoms with Gasteiger partial charge in [-0.2, -0.15) is 11.3 Å². The molecule has 0 saturated carbocycles. The number of hydrogen-bond acceptors (Lipinski definition) is 4. The van der Waals surface area contributed by atoms with E-state index in [0.29, 0.717) is 0 Å². The van der Waals surface area contributed by atoms with Crippen molar-refractivity contribution in [2.24, 2.45) is 5.73 Å². The molecule has 2 heterocycles. The maximum Gasteiger partial charge on any atom is 0.0757 e. The summed E-state index contributed by atoms with van der Waals surface area (Å²) in [6, 6.07) is 2.03. The number of hydrogen-bond donors (Lipinski definition) is 1. The van der Waals surface area contributed by atoms with E-state index < -0.39 is 0 Å². The first-order valence-electron chi connectivity index (χ1n) is 4.39. The normalized spacial score (nSPS) is 12.6. The Morgan fingerprint density at radius 2 is 2.36 bits per heavy atom. The van der Waals surface area contributed by atoms with Gasteiger partial charge in [0.1, 0.15) is 0 Å². The van der Waals surface area contributed by atoms with E-state index in [9.17, 15) is 0 Å². The molecule has 3 nitrogen and oxygen atoms in total. The SMILES string of the molecule is NC(Cc1ccsc1)c1cnccn1. The Balaban J connectivity index is 2.07. The second-order valence-corrected chi connectivity index (χ2v) is 3.85. The zero-order chi connectivity index (χ0) is 9.80. The molecule has 0 radical (unpaired) electrons. The van der Waals surface area contributed by atoms with E-state index in [1.54, 1.807) is 29.9 Å². The van der Waals surface area contributed by atoms with E-state index in [1.165, 1.54) is 5.56 Å². The lowest BCUT2D eigenvalue weighted by atomic mass is 10.1. The molecule has 4 heteroatoms. The van der Waals surface area contributed by atoms with E-state index in [0.717, 1.165) is 12.1 Å². The minimum Gasteiger partial charge on any atom is -0.322 e. The van der Waals surface area contributed by atoms with Gasteiger partial charge in [0.15, 0.2) is 0 Å². The topological polar surface area (TPSA) is 51.8 Å². The van der Waals surface area contributed by atoms with Gasteiger partial charge in [-0.05, 0) is 28.8 Å². The molecule has 0 saturated heterocycles. The smallest absolute Gasteiger partial charge is 0.0757 e. The average Bonchev–Trinajstić information content (AvgIpc) is 2.72.